The highest BCUT2D eigenvalue weighted by molar-refractivity contribution is 6.32. The largest absolute Gasteiger partial charge is 0.371 e. The highest BCUT2D eigenvalue weighted by Gasteiger charge is 2.49. The molecule has 1 aliphatic heterocycles. The molecule has 11 heteroatoms. The minimum Gasteiger partial charge on any atom is -0.371 e. The molecular weight excluding hydrogens is 574 g/mol. The maximum Gasteiger partial charge on any atom is 0.141 e. The summed E-state index contributed by atoms with van der Waals surface area (Å²) in [5.41, 5.74) is 4.77. The third kappa shape index (κ3) is 4.81. The normalized spacial score (nSPS) is 16.4. The van der Waals surface area contributed by atoms with Crippen molar-refractivity contribution in [2.45, 2.75) is 24.9 Å². The Hall–Kier alpha value is -4.23. The SMILES string of the molecule is N#Cc1cnc2c(N[C@@H](c3ccccc3)c3cn(C4CC5(CNC5)C4)nn3)cc(Cl)cc2c1Nc1ccc(F)c(Cl)c1. The lowest BCUT2D eigenvalue weighted by Crippen LogP contribution is -2.60. The molecule has 210 valence electrons. The topological polar surface area (TPSA) is 103 Å². The summed E-state index contributed by atoms with van der Waals surface area (Å²) in [6.07, 6.45) is 5.73. The van der Waals surface area contributed by atoms with Crippen LogP contribution in [0.25, 0.3) is 10.9 Å². The summed E-state index contributed by atoms with van der Waals surface area (Å²) >= 11 is 12.7. The molecular formula is C31H25Cl2FN8. The Morgan fingerprint density at radius 3 is 2.62 bits per heavy atom. The number of aromatic nitrogens is 4. The predicted octanol–water partition coefficient (Wildman–Crippen LogP) is 7.01. The quantitative estimate of drug-likeness (QED) is 0.185. The average molecular weight is 600 g/mol. The van der Waals surface area contributed by atoms with Crippen molar-refractivity contribution >= 4 is 51.2 Å². The van der Waals surface area contributed by atoms with Crippen molar-refractivity contribution < 1.29 is 4.39 Å². The van der Waals surface area contributed by atoms with Crippen LogP contribution in [0.2, 0.25) is 10.0 Å². The third-order valence-corrected chi connectivity index (χ3v) is 8.72. The molecule has 1 atom stereocenters. The first-order valence-electron chi connectivity index (χ1n) is 13.6. The van der Waals surface area contributed by atoms with Crippen molar-refractivity contribution in [3.8, 4) is 6.07 Å². The zero-order chi connectivity index (χ0) is 28.8. The Kier molecular flexibility index (Phi) is 6.70. The van der Waals surface area contributed by atoms with E-state index in [0.717, 1.165) is 37.2 Å². The molecule has 5 aromatic rings. The molecule has 2 aromatic heterocycles. The second kappa shape index (κ2) is 10.6. The van der Waals surface area contributed by atoms with Crippen LogP contribution in [0, 0.1) is 22.6 Å². The van der Waals surface area contributed by atoms with Crippen molar-refractivity contribution in [3.63, 3.8) is 0 Å². The van der Waals surface area contributed by atoms with Crippen LogP contribution in [0.15, 0.2) is 73.1 Å². The number of anilines is 3. The number of halogens is 3. The fourth-order valence-electron chi connectivity index (χ4n) is 5.94. The van der Waals surface area contributed by atoms with E-state index in [-0.39, 0.29) is 11.1 Å². The van der Waals surface area contributed by atoms with Crippen molar-refractivity contribution in [1.82, 2.24) is 25.3 Å². The molecule has 3 aromatic carbocycles. The van der Waals surface area contributed by atoms with Gasteiger partial charge in [0.15, 0.2) is 0 Å². The van der Waals surface area contributed by atoms with Gasteiger partial charge in [-0.1, -0.05) is 58.7 Å². The van der Waals surface area contributed by atoms with E-state index in [1.807, 2.05) is 41.2 Å². The average Bonchev–Trinajstić information content (AvgIpc) is 3.42. The van der Waals surface area contributed by atoms with Gasteiger partial charge >= 0.3 is 0 Å². The van der Waals surface area contributed by atoms with Gasteiger partial charge in [0.2, 0.25) is 0 Å². The monoisotopic (exact) mass is 598 g/mol. The highest BCUT2D eigenvalue weighted by Crippen LogP contribution is 2.50. The summed E-state index contributed by atoms with van der Waals surface area (Å²) < 4.78 is 15.8. The summed E-state index contributed by atoms with van der Waals surface area (Å²) in [6, 6.07) is 20.0. The third-order valence-electron chi connectivity index (χ3n) is 8.21. The number of fused-ring (bicyclic) bond motifs is 1. The summed E-state index contributed by atoms with van der Waals surface area (Å²) in [5.74, 6) is -0.530. The fourth-order valence-corrected chi connectivity index (χ4v) is 6.34. The second-order valence-corrected chi connectivity index (χ2v) is 11.9. The molecule has 1 spiro atoms. The van der Waals surface area contributed by atoms with Crippen molar-refractivity contribution in [2.75, 3.05) is 23.7 Å². The Morgan fingerprint density at radius 1 is 1.10 bits per heavy atom. The van der Waals surface area contributed by atoms with E-state index in [1.54, 1.807) is 18.2 Å². The van der Waals surface area contributed by atoms with Crippen LogP contribution in [-0.2, 0) is 0 Å². The standard InChI is InChI=1S/C31H25Cl2FN8/c32-20-8-23-28(38-21-6-7-25(34)24(33)10-21)19(13-35)14-37-30(23)26(9-20)39-29(18-4-2-1-3-5-18)27-15-42(41-40-27)22-11-31(12-22)16-36-17-31/h1-10,14-15,22,29,36,39H,11-12,16-17H2,(H,37,38)/t29-/m0/s1. The van der Waals surface area contributed by atoms with Gasteiger partial charge in [-0.3, -0.25) is 4.98 Å². The zero-order valence-electron chi connectivity index (χ0n) is 22.3. The number of hydrogen-bond donors (Lipinski definition) is 3. The number of nitrogens with one attached hydrogen (secondary N) is 3. The molecule has 8 nitrogen and oxygen atoms in total. The number of hydrogen-bond acceptors (Lipinski definition) is 7. The van der Waals surface area contributed by atoms with Gasteiger partial charge in [0.1, 0.15) is 17.6 Å². The van der Waals surface area contributed by atoms with Crippen molar-refractivity contribution in [3.05, 3.63) is 106 Å². The van der Waals surface area contributed by atoms with Gasteiger partial charge in [-0.15, -0.1) is 5.10 Å². The van der Waals surface area contributed by atoms with Gasteiger partial charge in [0.25, 0.3) is 0 Å². The van der Waals surface area contributed by atoms with Crippen LogP contribution < -0.4 is 16.0 Å². The zero-order valence-corrected chi connectivity index (χ0v) is 23.8. The van der Waals surface area contributed by atoms with Crippen LogP contribution in [0.3, 0.4) is 0 Å². The Morgan fingerprint density at radius 2 is 1.90 bits per heavy atom. The van der Waals surface area contributed by atoms with Gasteiger partial charge in [-0.25, -0.2) is 9.07 Å². The lowest BCUT2D eigenvalue weighted by molar-refractivity contribution is 0.00161. The first-order chi connectivity index (χ1) is 20.4. The number of benzene rings is 3. The van der Waals surface area contributed by atoms with E-state index in [9.17, 15) is 9.65 Å². The molecule has 2 aliphatic rings. The maximum absolute atomic E-state index is 13.8. The molecule has 0 amide bonds. The van der Waals surface area contributed by atoms with E-state index in [4.69, 9.17) is 23.2 Å². The Labute approximate surface area is 251 Å². The highest BCUT2D eigenvalue weighted by atomic mass is 35.5. The van der Waals surface area contributed by atoms with Gasteiger partial charge in [0.05, 0.1) is 45.8 Å². The molecule has 42 heavy (non-hydrogen) atoms. The molecule has 2 fully saturated rings. The summed E-state index contributed by atoms with van der Waals surface area (Å²) in [6.45, 7) is 2.15. The number of pyridine rings is 1. The van der Waals surface area contributed by atoms with E-state index in [1.165, 1.54) is 18.3 Å². The number of rotatable bonds is 7. The lowest BCUT2D eigenvalue weighted by Gasteiger charge is -2.54. The summed E-state index contributed by atoms with van der Waals surface area (Å²) in [4.78, 5) is 4.64. The molecule has 3 heterocycles. The van der Waals surface area contributed by atoms with Gasteiger partial charge < -0.3 is 16.0 Å². The van der Waals surface area contributed by atoms with Crippen LogP contribution in [0.5, 0.6) is 0 Å². The molecule has 7 rings (SSSR count). The maximum atomic E-state index is 13.8. The summed E-state index contributed by atoms with van der Waals surface area (Å²) in [7, 11) is 0. The smallest absolute Gasteiger partial charge is 0.141 e. The first kappa shape index (κ1) is 26.7. The van der Waals surface area contributed by atoms with Crippen LogP contribution in [0.4, 0.5) is 21.5 Å². The van der Waals surface area contributed by atoms with E-state index >= 15 is 0 Å². The van der Waals surface area contributed by atoms with E-state index in [0.29, 0.717) is 50.0 Å². The van der Waals surface area contributed by atoms with Crippen LogP contribution in [0.1, 0.15) is 41.7 Å². The predicted molar refractivity (Wildman–Crippen MR) is 162 cm³/mol. The molecule has 1 saturated carbocycles. The Bertz CT molecular complexity index is 1840. The minimum atomic E-state index is -0.530. The Balaban J connectivity index is 1.27. The van der Waals surface area contributed by atoms with E-state index in [2.05, 4.69) is 37.3 Å². The molecule has 1 aliphatic carbocycles. The molecule has 3 N–H and O–H groups in total. The number of nitrogens with zero attached hydrogens (tertiary/aromatic N) is 5. The van der Waals surface area contributed by atoms with E-state index < -0.39 is 5.82 Å². The van der Waals surface area contributed by atoms with Gasteiger partial charge in [-0.2, -0.15) is 5.26 Å². The van der Waals surface area contributed by atoms with Gasteiger partial charge in [-0.05, 0) is 54.2 Å². The summed E-state index contributed by atoms with van der Waals surface area (Å²) in [5, 5.41) is 30.2. The van der Waals surface area contributed by atoms with Crippen LogP contribution >= 0.6 is 23.2 Å². The molecule has 1 saturated heterocycles. The minimum absolute atomic E-state index is 0.0302. The molecule has 0 unspecified atom stereocenters. The lowest BCUT2D eigenvalue weighted by atomic mass is 9.62. The van der Waals surface area contributed by atoms with Crippen LogP contribution in [-0.4, -0.2) is 33.1 Å². The fraction of sp³-hybridized carbons (Fsp3) is 0.226. The second-order valence-electron chi connectivity index (χ2n) is 11.0. The van der Waals surface area contributed by atoms with Crippen molar-refractivity contribution in [2.24, 2.45) is 5.41 Å². The number of nitriles is 1. The van der Waals surface area contributed by atoms with Gasteiger partial charge in [0, 0.05) is 35.4 Å². The first-order valence-corrected chi connectivity index (χ1v) is 14.4. The molecule has 0 bridgehead atoms. The van der Waals surface area contributed by atoms with Crippen molar-refractivity contribution in [1.29, 1.82) is 5.26 Å². The molecule has 0 radical (unpaired) electrons.